The van der Waals surface area contributed by atoms with Crippen LogP contribution in [0.15, 0.2) is 48.8 Å². The van der Waals surface area contributed by atoms with E-state index < -0.39 is 16.1 Å². The summed E-state index contributed by atoms with van der Waals surface area (Å²) in [6, 6.07) is 14.4. The number of hydrogen-bond acceptors (Lipinski definition) is 0. The van der Waals surface area contributed by atoms with E-state index in [1.165, 1.54) is 24.2 Å². The Morgan fingerprint density at radius 2 is 1.15 bits per heavy atom. The molecule has 20 heavy (non-hydrogen) atoms. The first kappa shape index (κ1) is 17.2. The zero-order valence-electron chi connectivity index (χ0n) is 13.7. The Labute approximate surface area is 127 Å². The largest absolute Gasteiger partial charge is 0.109 e. The number of rotatable bonds is 8. The third-order valence-corrected chi connectivity index (χ3v) is 14.8. The average Bonchev–Trinajstić information content (AvgIpc) is 2.52. The van der Waals surface area contributed by atoms with Crippen molar-refractivity contribution in [3.63, 3.8) is 0 Å². The van der Waals surface area contributed by atoms with Gasteiger partial charge in [0.05, 0.1) is 0 Å². The van der Waals surface area contributed by atoms with Crippen molar-refractivity contribution < 1.29 is 0 Å². The minimum atomic E-state index is -1.49. The standard InChI is InChI=1S/C18H30Si2/c1-7-19(8-2,9-3)17-14-13-15-18(16-17)20(10-4,11-5)12-6/h7,10,13-16H,1,4,8-9,11-12H2,2-3,5-6H3. The van der Waals surface area contributed by atoms with Crippen LogP contribution in [-0.2, 0) is 0 Å². The van der Waals surface area contributed by atoms with Crippen molar-refractivity contribution >= 4 is 26.5 Å². The zero-order chi connectivity index (χ0) is 15.2. The van der Waals surface area contributed by atoms with Crippen LogP contribution in [0.3, 0.4) is 0 Å². The molecule has 1 rings (SSSR count). The molecule has 2 heteroatoms. The highest BCUT2D eigenvalue weighted by Gasteiger charge is 2.31. The zero-order valence-corrected chi connectivity index (χ0v) is 15.7. The predicted molar refractivity (Wildman–Crippen MR) is 99.5 cm³/mol. The van der Waals surface area contributed by atoms with Gasteiger partial charge < -0.3 is 0 Å². The van der Waals surface area contributed by atoms with Crippen molar-refractivity contribution in [2.45, 2.75) is 51.9 Å². The van der Waals surface area contributed by atoms with E-state index in [-0.39, 0.29) is 0 Å². The molecule has 1 aromatic carbocycles. The van der Waals surface area contributed by atoms with E-state index in [4.69, 9.17) is 0 Å². The molecule has 0 bridgehead atoms. The van der Waals surface area contributed by atoms with Crippen molar-refractivity contribution in [2.75, 3.05) is 0 Å². The summed E-state index contributed by atoms with van der Waals surface area (Å²) in [6.45, 7) is 17.6. The topological polar surface area (TPSA) is 0 Å². The highest BCUT2D eigenvalue weighted by Crippen LogP contribution is 2.19. The Morgan fingerprint density at radius 3 is 1.40 bits per heavy atom. The van der Waals surface area contributed by atoms with Crippen molar-refractivity contribution in [3.05, 3.63) is 48.8 Å². The van der Waals surface area contributed by atoms with Gasteiger partial charge in [-0.3, -0.25) is 0 Å². The minimum absolute atomic E-state index is 1.25. The summed E-state index contributed by atoms with van der Waals surface area (Å²) >= 11 is 0. The molecular formula is C18H30Si2. The van der Waals surface area contributed by atoms with E-state index in [0.717, 1.165) is 0 Å². The maximum absolute atomic E-state index is 4.16. The third-order valence-electron chi connectivity index (χ3n) is 5.32. The number of hydrogen-bond donors (Lipinski definition) is 0. The van der Waals surface area contributed by atoms with E-state index in [2.05, 4.69) is 76.5 Å². The lowest BCUT2D eigenvalue weighted by atomic mass is 10.4. The van der Waals surface area contributed by atoms with Crippen molar-refractivity contribution in [1.29, 1.82) is 0 Å². The Bertz CT molecular complexity index is 415. The van der Waals surface area contributed by atoms with Gasteiger partial charge >= 0.3 is 0 Å². The summed E-state index contributed by atoms with van der Waals surface area (Å²) < 4.78 is 0. The quantitative estimate of drug-likeness (QED) is 0.619. The molecule has 0 aromatic heterocycles. The highest BCUT2D eigenvalue weighted by molar-refractivity contribution is 6.98. The fourth-order valence-electron chi connectivity index (χ4n) is 3.27. The van der Waals surface area contributed by atoms with Crippen LogP contribution in [0.25, 0.3) is 0 Å². The predicted octanol–water partition coefficient (Wildman–Crippen LogP) is 4.53. The monoisotopic (exact) mass is 302 g/mol. The number of benzene rings is 1. The van der Waals surface area contributed by atoms with Gasteiger partial charge in [0, 0.05) is 0 Å². The van der Waals surface area contributed by atoms with Gasteiger partial charge in [-0.2, -0.15) is 0 Å². The first-order valence-electron chi connectivity index (χ1n) is 7.96. The molecule has 0 fully saturated rings. The molecule has 0 spiro atoms. The molecule has 0 aliphatic carbocycles. The summed E-state index contributed by atoms with van der Waals surface area (Å²) in [4.78, 5) is 0. The van der Waals surface area contributed by atoms with Gasteiger partial charge in [-0.15, -0.1) is 13.2 Å². The van der Waals surface area contributed by atoms with Crippen LogP contribution in [0.2, 0.25) is 24.2 Å². The van der Waals surface area contributed by atoms with E-state index in [1.54, 1.807) is 10.4 Å². The Balaban J connectivity index is 3.39. The molecule has 0 N–H and O–H groups in total. The van der Waals surface area contributed by atoms with Crippen LogP contribution in [0.5, 0.6) is 0 Å². The van der Waals surface area contributed by atoms with Gasteiger partial charge in [0.15, 0.2) is 0 Å². The van der Waals surface area contributed by atoms with E-state index >= 15 is 0 Å². The second-order valence-corrected chi connectivity index (χ2v) is 15.1. The minimum Gasteiger partial charge on any atom is -0.107 e. The van der Waals surface area contributed by atoms with E-state index in [9.17, 15) is 0 Å². The molecule has 0 aliphatic heterocycles. The molecule has 0 saturated heterocycles. The molecule has 0 amide bonds. The average molecular weight is 303 g/mol. The lowest BCUT2D eigenvalue weighted by Gasteiger charge is -2.30. The molecule has 0 saturated carbocycles. The fraction of sp³-hybridized carbons (Fsp3) is 0.444. The van der Waals surface area contributed by atoms with Crippen molar-refractivity contribution in [3.8, 4) is 0 Å². The summed E-state index contributed by atoms with van der Waals surface area (Å²) in [6.07, 6.45) is 0. The molecule has 1 aromatic rings. The fourth-order valence-corrected chi connectivity index (χ4v) is 9.41. The maximum Gasteiger partial charge on any atom is 0.109 e. The summed E-state index contributed by atoms with van der Waals surface area (Å²) in [5.74, 6) is 0. The summed E-state index contributed by atoms with van der Waals surface area (Å²) in [5.41, 5.74) is 4.56. The summed E-state index contributed by atoms with van der Waals surface area (Å²) in [7, 11) is -2.98. The summed E-state index contributed by atoms with van der Waals surface area (Å²) in [5, 5.41) is 3.13. The molecular weight excluding hydrogens is 272 g/mol. The van der Waals surface area contributed by atoms with Crippen LogP contribution >= 0.6 is 0 Å². The van der Waals surface area contributed by atoms with Gasteiger partial charge in [0.25, 0.3) is 0 Å². The lowest BCUT2D eigenvalue weighted by molar-refractivity contribution is 1.28. The van der Waals surface area contributed by atoms with E-state index in [1.807, 2.05) is 0 Å². The molecule has 0 aliphatic rings. The molecule has 0 nitrogen and oxygen atoms in total. The highest BCUT2D eigenvalue weighted by atomic mass is 28.3. The van der Waals surface area contributed by atoms with Crippen LogP contribution in [0, 0.1) is 0 Å². The Morgan fingerprint density at radius 1 is 0.800 bits per heavy atom. The van der Waals surface area contributed by atoms with Crippen LogP contribution in [0.4, 0.5) is 0 Å². The van der Waals surface area contributed by atoms with Gasteiger partial charge in [-0.05, 0) is 0 Å². The second-order valence-electron chi connectivity index (χ2n) is 5.72. The van der Waals surface area contributed by atoms with Gasteiger partial charge in [-0.1, -0.05) is 97.9 Å². The van der Waals surface area contributed by atoms with Crippen LogP contribution in [0.1, 0.15) is 27.7 Å². The maximum atomic E-state index is 4.16. The third kappa shape index (κ3) is 2.91. The first-order chi connectivity index (χ1) is 9.57. The first-order valence-corrected chi connectivity index (χ1v) is 12.9. The Hall–Kier alpha value is -0.866. The normalized spacial score (nSPS) is 12.2. The van der Waals surface area contributed by atoms with Gasteiger partial charge in [0.1, 0.15) is 16.1 Å². The molecule has 0 atom stereocenters. The molecule has 0 unspecified atom stereocenters. The van der Waals surface area contributed by atoms with Gasteiger partial charge in [0.2, 0.25) is 0 Å². The van der Waals surface area contributed by atoms with Crippen LogP contribution < -0.4 is 10.4 Å². The van der Waals surface area contributed by atoms with Crippen molar-refractivity contribution in [2.24, 2.45) is 0 Å². The molecule has 0 heterocycles. The smallest absolute Gasteiger partial charge is 0.107 e. The lowest BCUT2D eigenvalue weighted by Crippen LogP contribution is -2.50. The van der Waals surface area contributed by atoms with Crippen molar-refractivity contribution in [1.82, 2.24) is 0 Å². The van der Waals surface area contributed by atoms with E-state index in [0.29, 0.717) is 0 Å². The van der Waals surface area contributed by atoms with Crippen LogP contribution in [-0.4, -0.2) is 16.1 Å². The van der Waals surface area contributed by atoms with Gasteiger partial charge in [-0.25, -0.2) is 0 Å². The molecule has 110 valence electrons. The second kappa shape index (κ2) is 7.23. The molecule has 0 radical (unpaired) electrons. The Kier molecular flexibility index (Phi) is 6.21. The SMILES string of the molecule is C=C[Si](CC)(CC)c1cccc([Si](C=C)(CC)CC)c1.